The summed E-state index contributed by atoms with van der Waals surface area (Å²) in [6.07, 6.45) is 2.98. The number of likely N-dealkylation sites (tertiary alicyclic amines) is 1. The van der Waals surface area contributed by atoms with E-state index in [1.807, 2.05) is 35.2 Å². The Morgan fingerprint density at radius 2 is 1.88 bits per heavy atom. The largest absolute Gasteiger partial charge is 0.493 e. The SMILES string of the molecule is N=C(N)N1CCc2ccc(OCC3CCN(CC(=O)NCc4ccccc4)CC3)cc2C1. The molecule has 0 spiro atoms. The summed E-state index contributed by atoms with van der Waals surface area (Å²) < 4.78 is 6.11. The molecule has 0 radical (unpaired) electrons. The maximum Gasteiger partial charge on any atom is 0.234 e. The lowest BCUT2D eigenvalue weighted by Gasteiger charge is -2.31. The molecule has 0 saturated carbocycles. The van der Waals surface area contributed by atoms with Crippen molar-refractivity contribution in [1.29, 1.82) is 5.41 Å². The average molecular weight is 436 g/mol. The summed E-state index contributed by atoms with van der Waals surface area (Å²) in [5.41, 5.74) is 9.28. The number of amides is 1. The Morgan fingerprint density at radius 1 is 1.09 bits per heavy atom. The molecule has 7 nitrogen and oxygen atoms in total. The number of fused-ring (bicyclic) bond motifs is 1. The molecule has 1 amide bonds. The lowest BCUT2D eigenvalue weighted by molar-refractivity contribution is -0.122. The summed E-state index contributed by atoms with van der Waals surface area (Å²) in [7, 11) is 0. The Balaban J connectivity index is 1.17. The third-order valence-electron chi connectivity index (χ3n) is 6.42. The minimum absolute atomic E-state index is 0.0808. The molecule has 2 aromatic carbocycles. The Bertz CT molecular complexity index is 925. The van der Waals surface area contributed by atoms with Gasteiger partial charge in [-0.25, -0.2) is 0 Å². The van der Waals surface area contributed by atoms with Gasteiger partial charge >= 0.3 is 0 Å². The Labute approximate surface area is 190 Å². The van der Waals surface area contributed by atoms with Gasteiger partial charge in [0.05, 0.1) is 13.2 Å². The van der Waals surface area contributed by atoms with Crippen LogP contribution in [0.1, 0.15) is 29.5 Å². The van der Waals surface area contributed by atoms with Crippen LogP contribution in [-0.4, -0.2) is 54.5 Å². The van der Waals surface area contributed by atoms with E-state index in [0.29, 0.717) is 32.2 Å². The lowest BCUT2D eigenvalue weighted by Crippen LogP contribution is -2.42. The second-order valence-electron chi connectivity index (χ2n) is 8.78. The maximum absolute atomic E-state index is 12.3. The zero-order valence-corrected chi connectivity index (χ0v) is 18.6. The molecular formula is C25H33N5O2. The highest BCUT2D eigenvalue weighted by Crippen LogP contribution is 2.25. The maximum atomic E-state index is 12.3. The highest BCUT2D eigenvalue weighted by atomic mass is 16.5. The number of guanidine groups is 1. The van der Waals surface area contributed by atoms with E-state index in [9.17, 15) is 4.79 Å². The van der Waals surface area contributed by atoms with Gasteiger partial charge in [0.25, 0.3) is 0 Å². The number of hydrogen-bond acceptors (Lipinski definition) is 4. The van der Waals surface area contributed by atoms with Gasteiger partial charge in [0, 0.05) is 19.6 Å². The van der Waals surface area contributed by atoms with Gasteiger partial charge in [-0.1, -0.05) is 36.4 Å². The summed E-state index contributed by atoms with van der Waals surface area (Å²) in [5.74, 6) is 1.60. The van der Waals surface area contributed by atoms with E-state index in [1.165, 1.54) is 11.1 Å². The van der Waals surface area contributed by atoms with E-state index < -0.39 is 0 Å². The topological polar surface area (TPSA) is 94.7 Å². The summed E-state index contributed by atoms with van der Waals surface area (Å²) in [6.45, 7) is 5.04. The third kappa shape index (κ3) is 6.01. The second-order valence-corrected chi connectivity index (χ2v) is 8.78. The molecule has 2 aromatic rings. The number of ether oxygens (including phenoxy) is 1. The predicted octanol–water partition coefficient (Wildman–Crippen LogP) is 2.35. The number of rotatable bonds is 7. The van der Waals surface area contributed by atoms with Crippen LogP contribution in [0.3, 0.4) is 0 Å². The highest BCUT2D eigenvalue weighted by Gasteiger charge is 2.22. The van der Waals surface area contributed by atoms with Crippen LogP contribution in [0.2, 0.25) is 0 Å². The van der Waals surface area contributed by atoms with Crippen molar-refractivity contribution in [3.05, 3.63) is 65.2 Å². The Hall–Kier alpha value is -3.06. The van der Waals surface area contributed by atoms with Crippen LogP contribution in [0.5, 0.6) is 5.75 Å². The van der Waals surface area contributed by atoms with E-state index in [1.54, 1.807) is 0 Å². The van der Waals surface area contributed by atoms with Crippen molar-refractivity contribution >= 4 is 11.9 Å². The molecule has 0 bridgehead atoms. The zero-order chi connectivity index (χ0) is 22.3. The molecule has 0 unspecified atom stereocenters. The number of piperidine rings is 1. The lowest BCUT2D eigenvalue weighted by atomic mass is 9.97. The van der Waals surface area contributed by atoms with Gasteiger partial charge in [0.1, 0.15) is 5.75 Å². The number of nitrogens with two attached hydrogens (primary N) is 1. The Morgan fingerprint density at radius 3 is 2.62 bits per heavy atom. The number of carbonyl (C=O) groups excluding carboxylic acids is 1. The highest BCUT2D eigenvalue weighted by molar-refractivity contribution is 5.78. The molecule has 4 N–H and O–H groups in total. The van der Waals surface area contributed by atoms with Gasteiger partial charge in [-0.3, -0.25) is 15.1 Å². The molecule has 2 heterocycles. The second kappa shape index (κ2) is 10.5. The van der Waals surface area contributed by atoms with Gasteiger partial charge in [0.2, 0.25) is 5.91 Å². The summed E-state index contributed by atoms with van der Waals surface area (Å²) in [4.78, 5) is 16.4. The number of carbonyl (C=O) groups is 1. The zero-order valence-electron chi connectivity index (χ0n) is 18.6. The van der Waals surface area contributed by atoms with Crippen LogP contribution in [0, 0.1) is 11.3 Å². The fraction of sp³-hybridized carbons (Fsp3) is 0.440. The van der Waals surface area contributed by atoms with Gasteiger partial charge in [0.15, 0.2) is 5.96 Å². The minimum atomic E-state index is 0.0808. The molecule has 2 aliphatic rings. The molecule has 0 atom stereocenters. The van der Waals surface area contributed by atoms with Crippen LogP contribution in [0.15, 0.2) is 48.5 Å². The van der Waals surface area contributed by atoms with Crippen LogP contribution in [0.4, 0.5) is 0 Å². The summed E-state index contributed by atoms with van der Waals surface area (Å²) >= 11 is 0. The van der Waals surface area contributed by atoms with E-state index in [4.69, 9.17) is 15.9 Å². The molecule has 1 saturated heterocycles. The van der Waals surface area contributed by atoms with E-state index in [-0.39, 0.29) is 11.9 Å². The molecule has 170 valence electrons. The third-order valence-corrected chi connectivity index (χ3v) is 6.42. The van der Waals surface area contributed by atoms with E-state index in [2.05, 4.69) is 28.4 Å². The van der Waals surface area contributed by atoms with Crippen LogP contribution in [-0.2, 0) is 24.3 Å². The van der Waals surface area contributed by atoms with Gasteiger partial charge < -0.3 is 20.7 Å². The van der Waals surface area contributed by atoms with Crippen molar-refractivity contribution in [2.24, 2.45) is 11.7 Å². The first-order chi connectivity index (χ1) is 15.6. The first-order valence-electron chi connectivity index (χ1n) is 11.4. The first-order valence-corrected chi connectivity index (χ1v) is 11.4. The smallest absolute Gasteiger partial charge is 0.234 e. The monoisotopic (exact) mass is 435 g/mol. The molecule has 32 heavy (non-hydrogen) atoms. The number of hydrogen-bond donors (Lipinski definition) is 3. The van der Waals surface area contributed by atoms with Crippen molar-refractivity contribution in [2.75, 3.05) is 32.8 Å². The molecule has 2 aliphatic heterocycles. The quantitative estimate of drug-likeness (QED) is 0.458. The van der Waals surface area contributed by atoms with E-state index in [0.717, 1.165) is 50.2 Å². The van der Waals surface area contributed by atoms with Crippen LogP contribution in [0.25, 0.3) is 0 Å². The standard InChI is InChI=1S/C25H33N5O2/c26-25(27)30-13-10-21-6-7-23(14-22(21)16-30)32-18-20-8-11-29(12-9-20)17-24(31)28-15-19-4-2-1-3-5-19/h1-7,14,20H,8-13,15-18H2,(H3,26,27)(H,28,31). The van der Waals surface area contributed by atoms with Crippen molar-refractivity contribution in [3.8, 4) is 5.75 Å². The number of nitrogens with one attached hydrogen (secondary N) is 2. The summed E-state index contributed by atoms with van der Waals surface area (Å²) in [6, 6.07) is 16.3. The van der Waals surface area contributed by atoms with Crippen molar-refractivity contribution < 1.29 is 9.53 Å². The molecule has 0 aliphatic carbocycles. The Kier molecular flexibility index (Phi) is 7.27. The molecule has 4 rings (SSSR count). The fourth-order valence-corrected chi connectivity index (χ4v) is 4.41. The first kappa shape index (κ1) is 22.1. The minimum Gasteiger partial charge on any atom is -0.493 e. The van der Waals surface area contributed by atoms with Crippen LogP contribution < -0.4 is 15.8 Å². The van der Waals surface area contributed by atoms with Crippen molar-refractivity contribution in [1.82, 2.24) is 15.1 Å². The fourth-order valence-electron chi connectivity index (χ4n) is 4.41. The number of benzene rings is 2. The van der Waals surface area contributed by atoms with Crippen LogP contribution >= 0.6 is 0 Å². The molecule has 7 heteroatoms. The number of nitrogens with zero attached hydrogens (tertiary/aromatic N) is 2. The normalized spacial score (nSPS) is 16.9. The van der Waals surface area contributed by atoms with Gasteiger partial charge in [-0.15, -0.1) is 0 Å². The predicted molar refractivity (Wildman–Crippen MR) is 125 cm³/mol. The molecular weight excluding hydrogens is 402 g/mol. The van der Waals surface area contributed by atoms with Gasteiger partial charge in [-0.05, 0) is 67.1 Å². The van der Waals surface area contributed by atoms with Gasteiger partial charge in [-0.2, -0.15) is 0 Å². The van der Waals surface area contributed by atoms with Crippen molar-refractivity contribution in [3.63, 3.8) is 0 Å². The molecule has 0 aromatic heterocycles. The van der Waals surface area contributed by atoms with Crippen molar-refractivity contribution in [2.45, 2.75) is 32.4 Å². The van der Waals surface area contributed by atoms with E-state index >= 15 is 0 Å². The summed E-state index contributed by atoms with van der Waals surface area (Å²) in [5, 5.41) is 10.7. The molecule has 1 fully saturated rings. The average Bonchev–Trinajstić information content (AvgIpc) is 2.82.